The summed E-state index contributed by atoms with van der Waals surface area (Å²) in [4.78, 5) is 11.0. The molecule has 1 rings (SSSR count). The van der Waals surface area contributed by atoms with Gasteiger partial charge in [-0.05, 0) is 37.7 Å². The molecule has 1 aliphatic carbocycles. The van der Waals surface area contributed by atoms with E-state index in [0.717, 1.165) is 0 Å². The second kappa shape index (κ2) is 5.30. The molecular weight excluding hydrogens is 174 g/mol. The van der Waals surface area contributed by atoms with E-state index in [1.54, 1.807) is 6.92 Å². The molecular formula is C12H21NO. The minimum Gasteiger partial charge on any atom is -0.327 e. The van der Waals surface area contributed by atoms with Gasteiger partial charge in [0, 0.05) is 6.04 Å². The van der Waals surface area contributed by atoms with Crippen molar-refractivity contribution in [2.45, 2.75) is 51.5 Å². The van der Waals surface area contributed by atoms with Crippen molar-refractivity contribution in [1.82, 2.24) is 0 Å². The summed E-state index contributed by atoms with van der Waals surface area (Å²) >= 11 is 0. The zero-order valence-corrected chi connectivity index (χ0v) is 9.09. The lowest BCUT2D eigenvalue weighted by molar-refractivity contribution is -0.113. The maximum Gasteiger partial charge on any atom is 0.155 e. The first-order valence-electron chi connectivity index (χ1n) is 5.55. The van der Waals surface area contributed by atoms with E-state index >= 15 is 0 Å². The van der Waals surface area contributed by atoms with E-state index in [1.165, 1.54) is 32.1 Å². The molecule has 0 aromatic carbocycles. The lowest BCUT2D eigenvalue weighted by Gasteiger charge is -2.27. The van der Waals surface area contributed by atoms with Crippen LogP contribution in [-0.2, 0) is 4.79 Å². The van der Waals surface area contributed by atoms with Gasteiger partial charge in [-0.25, -0.2) is 0 Å². The van der Waals surface area contributed by atoms with E-state index in [2.05, 4.69) is 6.58 Å². The van der Waals surface area contributed by atoms with Crippen molar-refractivity contribution in [3.63, 3.8) is 0 Å². The molecule has 2 nitrogen and oxygen atoms in total. The van der Waals surface area contributed by atoms with Gasteiger partial charge < -0.3 is 5.73 Å². The SMILES string of the molecule is C=C(CC(N)C1CCCCC1)C(C)=O. The predicted octanol–water partition coefficient (Wildman–Crippen LogP) is 2.43. The largest absolute Gasteiger partial charge is 0.327 e. The average Bonchev–Trinajstić information content (AvgIpc) is 2.19. The molecule has 0 amide bonds. The Morgan fingerprint density at radius 2 is 2.00 bits per heavy atom. The van der Waals surface area contributed by atoms with Gasteiger partial charge in [-0.2, -0.15) is 0 Å². The number of carbonyl (C=O) groups is 1. The maximum atomic E-state index is 11.0. The highest BCUT2D eigenvalue weighted by molar-refractivity contribution is 5.92. The molecule has 0 bridgehead atoms. The summed E-state index contributed by atoms with van der Waals surface area (Å²) in [5.74, 6) is 0.691. The van der Waals surface area contributed by atoms with Crippen molar-refractivity contribution in [3.05, 3.63) is 12.2 Å². The minimum atomic E-state index is 0.0799. The third-order valence-electron chi connectivity index (χ3n) is 3.24. The van der Waals surface area contributed by atoms with Gasteiger partial charge in [0.05, 0.1) is 0 Å². The molecule has 0 aromatic rings. The van der Waals surface area contributed by atoms with E-state index in [-0.39, 0.29) is 11.8 Å². The molecule has 2 heteroatoms. The molecule has 1 atom stereocenters. The Bertz CT molecular complexity index is 216. The van der Waals surface area contributed by atoms with Gasteiger partial charge in [0.15, 0.2) is 5.78 Å². The highest BCUT2D eigenvalue weighted by Crippen LogP contribution is 2.27. The number of Topliss-reactive ketones (excluding diaryl/α,β-unsaturated/α-hetero) is 1. The van der Waals surface area contributed by atoms with Gasteiger partial charge in [-0.1, -0.05) is 25.8 Å². The molecule has 0 spiro atoms. The molecule has 1 unspecified atom stereocenters. The maximum absolute atomic E-state index is 11.0. The van der Waals surface area contributed by atoms with Crippen LogP contribution in [0, 0.1) is 5.92 Å². The molecule has 0 aromatic heterocycles. The number of hydrogen-bond acceptors (Lipinski definition) is 2. The van der Waals surface area contributed by atoms with Crippen molar-refractivity contribution in [2.24, 2.45) is 11.7 Å². The Hall–Kier alpha value is -0.630. The fourth-order valence-electron chi connectivity index (χ4n) is 2.16. The molecule has 1 saturated carbocycles. The quantitative estimate of drug-likeness (QED) is 0.700. The second-order valence-electron chi connectivity index (χ2n) is 4.43. The average molecular weight is 195 g/mol. The van der Waals surface area contributed by atoms with Crippen LogP contribution in [0.3, 0.4) is 0 Å². The second-order valence-corrected chi connectivity index (χ2v) is 4.43. The third kappa shape index (κ3) is 3.26. The van der Waals surface area contributed by atoms with Crippen molar-refractivity contribution in [1.29, 1.82) is 0 Å². The summed E-state index contributed by atoms with van der Waals surface area (Å²) in [7, 11) is 0. The Morgan fingerprint density at radius 1 is 1.43 bits per heavy atom. The van der Waals surface area contributed by atoms with Crippen molar-refractivity contribution in [2.75, 3.05) is 0 Å². The first kappa shape index (κ1) is 11.4. The molecule has 2 N–H and O–H groups in total. The van der Waals surface area contributed by atoms with Crippen LogP contribution in [0.15, 0.2) is 12.2 Å². The van der Waals surface area contributed by atoms with Crippen LogP contribution in [0.5, 0.6) is 0 Å². The van der Waals surface area contributed by atoms with Gasteiger partial charge in [0.25, 0.3) is 0 Å². The minimum absolute atomic E-state index is 0.0799. The van der Waals surface area contributed by atoms with Gasteiger partial charge >= 0.3 is 0 Å². The van der Waals surface area contributed by atoms with E-state index in [0.29, 0.717) is 17.9 Å². The third-order valence-corrected chi connectivity index (χ3v) is 3.24. The number of nitrogens with two attached hydrogens (primary N) is 1. The number of ketones is 1. The van der Waals surface area contributed by atoms with Crippen LogP contribution in [-0.4, -0.2) is 11.8 Å². The first-order valence-corrected chi connectivity index (χ1v) is 5.55. The predicted molar refractivity (Wildman–Crippen MR) is 59.0 cm³/mol. The molecule has 1 fully saturated rings. The fraction of sp³-hybridized carbons (Fsp3) is 0.750. The van der Waals surface area contributed by atoms with Crippen LogP contribution in [0.2, 0.25) is 0 Å². The van der Waals surface area contributed by atoms with E-state index in [1.807, 2.05) is 0 Å². The normalized spacial score (nSPS) is 20.4. The Morgan fingerprint density at radius 3 is 2.50 bits per heavy atom. The lowest BCUT2D eigenvalue weighted by Crippen LogP contribution is -2.32. The molecule has 0 saturated heterocycles. The van der Waals surface area contributed by atoms with Crippen molar-refractivity contribution in [3.8, 4) is 0 Å². The summed E-state index contributed by atoms with van der Waals surface area (Å²) in [5.41, 5.74) is 6.76. The van der Waals surface area contributed by atoms with Crippen LogP contribution in [0.25, 0.3) is 0 Å². The van der Waals surface area contributed by atoms with Crippen LogP contribution >= 0.6 is 0 Å². The van der Waals surface area contributed by atoms with Gasteiger partial charge in [0.1, 0.15) is 0 Å². The summed E-state index contributed by atoms with van der Waals surface area (Å²) in [6.07, 6.45) is 7.07. The Kier molecular flexibility index (Phi) is 4.33. The molecule has 1 aliphatic rings. The van der Waals surface area contributed by atoms with E-state index in [4.69, 9.17) is 5.73 Å². The zero-order chi connectivity index (χ0) is 10.6. The Labute approximate surface area is 86.6 Å². The zero-order valence-electron chi connectivity index (χ0n) is 9.09. The van der Waals surface area contributed by atoms with Gasteiger partial charge in [-0.15, -0.1) is 0 Å². The highest BCUT2D eigenvalue weighted by atomic mass is 16.1. The molecule has 80 valence electrons. The summed E-state index contributed by atoms with van der Waals surface area (Å²) in [5, 5.41) is 0. The van der Waals surface area contributed by atoms with Crippen LogP contribution in [0.1, 0.15) is 45.4 Å². The molecule has 14 heavy (non-hydrogen) atoms. The summed E-state index contributed by atoms with van der Waals surface area (Å²) < 4.78 is 0. The van der Waals surface area contributed by atoms with Crippen molar-refractivity contribution < 1.29 is 4.79 Å². The number of hydrogen-bond donors (Lipinski definition) is 1. The number of carbonyl (C=O) groups excluding carboxylic acids is 1. The first-order chi connectivity index (χ1) is 6.61. The fourth-order valence-corrected chi connectivity index (χ4v) is 2.16. The smallest absolute Gasteiger partial charge is 0.155 e. The topological polar surface area (TPSA) is 43.1 Å². The van der Waals surface area contributed by atoms with Gasteiger partial charge in [-0.3, -0.25) is 4.79 Å². The number of rotatable bonds is 4. The standard InChI is InChI=1S/C12H21NO/c1-9(10(2)14)8-12(13)11-6-4-3-5-7-11/h11-12H,1,3-8,13H2,2H3. The van der Waals surface area contributed by atoms with Gasteiger partial charge in [0.2, 0.25) is 0 Å². The van der Waals surface area contributed by atoms with Crippen LogP contribution < -0.4 is 5.73 Å². The molecule has 0 aliphatic heterocycles. The lowest BCUT2D eigenvalue weighted by atomic mass is 9.82. The van der Waals surface area contributed by atoms with Crippen LogP contribution in [0.4, 0.5) is 0 Å². The summed E-state index contributed by atoms with van der Waals surface area (Å²) in [6, 6.07) is 0.145. The Balaban J connectivity index is 2.36. The van der Waals surface area contributed by atoms with E-state index in [9.17, 15) is 4.79 Å². The molecule has 0 heterocycles. The monoisotopic (exact) mass is 195 g/mol. The molecule has 0 radical (unpaired) electrons. The van der Waals surface area contributed by atoms with E-state index < -0.39 is 0 Å². The highest BCUT2D eigenvalue weighted by Gasteiger charge is 2.21. The van der Waals surface area contributed by atoms with Crippen molar-refractivity contribution >= 4 is 5.78 Å². The summed E-state index contributed by atoms with van der Waals surface area (Å²) in [6.45, 7) is 5.32.